The monoisotopic (exact) mass is 435 g/mol. The number of fused-ring (bicyclic) bond motifs is 1. The highest BCUT2D eigenvalue weighted by molar-refractivity contribution is 6.31. The van der Waals surface area contributed by atoms with Crippen LogP contribution in [0.1, 0.15) is 36.1 Å². The molecule has 0 unspecified atom stereocenters. The number of rotatable bonds is 3. The SMILES string of the molecule is Cc1cc(Nc2nc(C(=O)N3CCC(C)(N)CC3)nc3ccc(Cl)cc23)n[nH]1.Cl. The number of carbonyl (C=O) groups excluding carboxylic acids is 1. The first kappa shape index (κ1) is 21.3. The fourth-order valence-corrected chi connectivity index (χ4v) is 3.43. The number of piperidine rings is 1. The maximum atomic E-state index is 13.0. The number of aromatic nitrogens is 4. The summed E-state index contributed by atoms with van der Waals surface area (Å²) in [7, 11) is 0. The molecule has 29 heavy (non-hydrogen) atoms. The Balaban J connectivity index is 0.00000240. The van der Waals surface area contributed by atoms with Crippen LogP contribution in [0.4, 0.5) is 11.6 Å². The maximum Gasteiger partial charge on any atom is 0.291 e. The van der Waals surface area contributed by atoms with E-state index in [2.05, 4.69) is 25.5 Å². The van der Waals surface area contributed by atoms with Crippen molar-refractivity contribution in [1.82, 2.24) is 25.1 Å². The number of anilines is 2. The standard InChI is InChI=1S/C19H22ClN7O.ClH/c1-11-9-15(26-25-11)23-16-13-10-12(20)3-4-14(13)22-17(24-16)18(28)27-7-5-19(2,21)6-8-27;/h3-4,9-10H,5-8,21H2,1-2H3,(H2,22,23,24,25,26);1H. The molecule has 0 radical (unpaired) electrons. The molecule has 1 saturated heterocycles. The van der Waals surface area contributed by atoms with Crippen molar-refractivity contribution in [2.24, 2.45) is 5.73 Å². The molecule has 3 aromatic rings. The Kier molecular flexibility index (Phi) is 5.97. The molecule has 2 aromatic heterocycles. The third-order valence-corrected chi connectivity index (χ3v) is 5.23. The lowest BCUT2D eigenvalue weighted by Crippen LogP contribution is -2.50. The fourth-order valence-electron chi connectivity index (χ4n) is 3.26. The van der Waals surface area contributed by atoms with E-state index in [4.69, 9.17) is 17.3 Å². The van der Waals surface area contributed by atoms with Crippen molar-refractivity contribution in [2.75, 3.05) is 18.4 Å². The highest BCUT2D eigenvalue weighted by Gasteiger charge is 2.30. The summed E-state index contributed by atoms with van der Waals surface area (Å²) < 4.78 is 0. The van der Waals surface area contributed by atoms with Crippen LogP contribution in [-0.4, -0.2) is 49.6 Å². The van der Waals surface area contributed by atoms with Gasteiger partial charge in [0.15, 0.2) is 5.82 Å². The summed E-state index contributed by atoms with van der Waals surface area (Å²) in [5.74, 6) is 1.04. The molecule has 8 nitrogen and oxygen atoms in total. The summed E-state index contributed by atoms with van der Waals surface area (Å²) in [6, 6.07) is 7.15. The van der Waals surface area contributed by atoms with E-state index >= 15 is 0 Å². The van der Waals surface area contributed by atoms with Crippen LogP contribution in [0.2, 0.25) is 5.02 Å². The second-order valence-electron chi connectivity index (χ2n) is 7.56. The fraction of sp³-hybridized carbons (Fsp3) is 0.368. The van der Waals surface area contributed by atoms with Crippen molar-refractivity contribution in [1.29, 1.82) is 0 Å². The quantitative estimate of drug-likeness (QED) is 0.580. The molecule has 0 aliphatic carbocycles. The van der Waals surface area contributed by atoms with E-state index in [1.807, 2.05) is 19.9 Å². The van der Waals surface area contributed by atoms with E-state index in [9.17, 15) is 4.79 Å². The van der Waals surface area contributed by atoms with Gasteiger partial charge in [-0.25, -0.2) is 9.97 Å². The minimum Gasteiger partial charge on any atom is -0.336 e. The number of nitrogens with two attached hydrogens (primary N) is 1. The molecule has 1 fully saturated rings. The van der Waals surface area contributed by atoms with Crippen molar-refractivity contribution in [3.63, 3.8) is 0 Å². The van der Waals surface area contributed by atoms with Gasteiger partial charge in [-0.2, -0.15) is 5.10 Å². The average molecular weight is 436 g/mol. The molecule has 1 aromatic carbocycles. The first-order chi connectivity index (χ1) is 13.3. The second kappa shape index (κ2) is 8.14. The summed E-state index contributed by atoms with van der Waals surface area (Å²) in [6.45, 7) is 5.10. The molecule has 154 valence electrons. The van der Waals surface area contributed by atoms with Crippen molar-refractivity contribution in [3.8, 4) is 0 Å². The number of nitrogens with one attached hydrogen (secondary N) is 2. The van der Waals surface area contributed by atoms with Gasteiger partial charge < -0.3 is 16.0 Å². The van der Waals surface area contributed by atoms with Crippen molar-refractivity contribution in [3.05, 3.63) is 40.8 Å². The summed E-state index contributed by atoms with van der Waals surface area (Å²) in [4.78, 5) is 23.7. The van der Waals surface area contributed by atoms with Gasteiger partial charge in [0.2, 0.25) is 5.82 Å². The minimum atomic E-state index is -0.234. The first-order valence-electron chi connectivity index (χ1n) is 9.15. The van der Waals surface area contributed by atoms with Crippen LogP contribution in [0.3, 0.4) is 0 Å². The molecule has 10 heteroatoms. The van der Waals surface area contributed by atoms with Crippen LogP contribution >= 0.6 is 24.0 Å². The van der Waals surface area contributed by atoms with E-state index in [1.165, 1.54) is 0 Å². The number of nitrogens with zero attached hydrogens (tertiary/aromatic N) is 4. The smallest absolute Gasteiger partial charge is 0.291 e. The van der Waals surface area contributed by atoms with Crippen molar-refractivity contribution < 1.29 is 4.79 Å². The zero-order chi connectivity index (χ0) is 19.9. The van der Waals surface area contributed by atoms with Crippen molar-refractivity contribution >= 4 is 52.5 Å². The molecule has 3 heterocycles. The first-order valence-corrected chi connectivity index (χ1v) is 9.53. The van der Waals surface area contributed by atoms with Gasteiger partial charge >= 0.3 is 0 Å². The van der Waals surface area contributed by atoms with Gasteiger partial charge in [0.25, 0.3) is 5.91 Å². The molecular weight excluding hydrogens is 413 g/mol. The largest absolute Gasteiger partial charge is 0.336 e. The lowest BCUT2D eigenvalue weighted by Gasteiger charge is -2.36. The van der Waals surface area contributed by atoms with Gasteiger partial charge in [-0.1, -0.05) is 11.6 Å². The Morgan fingerprint density at radius 1 is 1.28 bits per heavy atom. The van der Waals surface area contributed by atoms with E-state index in [1.54, 1.807) is 23.1 Å². The number of hydrogen-bond donors (Lipinski definition) is 3. The lowest BCUT2D eigenvalue weighted by molar-refractivity contribution is 0.0669. The molecule has 0 atom stereocenters. The summed E-state index contributed by atoms with van der Waals surface area (Å²) in [6.07, 6.45) is 1.50. The molecule has 4 rings (SSSR count). The maximum absolute atomic E-state index is 13.0. The number of carbonyl (C=O) groups is 1. The highest BCUT2D eigenvalue weighted by atomic mass is 35.5. The molecule has 0 bridgehead atoms. The van der Waals surface area contributed by atoms with E-state index in [0.29, 0.717) is 35.3 Å². The van der Waals surface area contributed by atoms with Gasteiger partial charge in [0.1, 0.15) is 5.82 Å². The zero-order valence-electron chi connectivity index (χ0n) is 16.2. The van der Waals surface area contributed by atoms with E-state index in [0.717, 1.165) is 23.9 Å². The molecule has 1 aliphatic heterocycles. The number of halogens is 2. The van der Waals surface area contributed by atoms with Gasteiger partial charge in [-0.3, -0.25) is 9.89 Å². The van der Waals surface area contributed by atoms with Gasteiger partial charge in [0.05, 0.1) is 5.52 Å². The number of benzene rings is 1. The number of aromatic amines is 1. The summed E-state index contributed by atoms with van der Waals surface area (Å²) >= 11 is 6.16. The number of hydrogen-bond acceptors (Lipinski definition) is 6. The second-order valence-corrected chi connectivity index (χ2v) is 8.00. The van der Waals surface area contributed by atoms with Crippen LogP contribution in [-0.2, 0) is 0 Å². The number of amides is 1. The van der Waals surface area contributed by atoms with Crippen LogP contribution in [0, 0.1) is 6.92 Å². The Bertz CT molecular complexity index is 1040. The predicted molar refractivity (Wildman–Crippen MR) is 116 cm³/mol. The van der Waals surface area contributed by atoms with Gasteiger partial charge in [-0.15, -0.1) is 12.4 Å². The molecule has 1 aliphatic rings. The average Bonchev–Trinajstić information content (AvgIpc) is 3.06. The van der Waals surface area contributed by atoms with Gasteiger partial charge in [0, 0.05) is 40.8 Å². The minimum absolute atomic E-state index is 0. The number of H-pyrrole nitrogens is 1. The Morgan fingerprint density at radius 2 is 2.00 bits per heavy atom. The Hall–Kier alpha value is -2.42. The molecule has 0 saturated carbocycles. The van der Waals surface area contributed by atoms with E-state index in [-0.39, 0.29) is 29.7 Å². The summed E-state index contributed by atoms with van der Waals surface area (Å²) in [5, 5.41) is 11.5. The van der Waals surface area contributed by atoms with Crippen LogP contribution in [0.15, 0.2) is 24.3 Å². The highest BCUT2D eigenvalue weighted by Crippen LogP contribution is 2.27. The molecule has 1 amide bonds. The Labute approximate surface area is 179 Å². The van der Waals surface area contributed by atoms with Crippen LogP contribution in [0.25, 0.3) is 10.9 Å². The topological polar surface area (TPSA) is 113 Å². The van der Waals surface area contributed by atoms with Crippen LogP contribution < -0.4 is 11.1 Å². The number of aryl methyl sites for hydroxylation is 1. The van der Waals surface area contributed by atoms with E-state index < -0.39 is 0 Å². The third kappa shape index (κ3) is 4.60. The Morgan fingerprint density at radius 3 is 2.66 bits per heavy atom. The predicted octanol–water partition coefficient (Wildman–Crippen LogP) is 3.43. The van der Waals surface area contributed by atoms with Gasteiger partial charge in [-0.05, 0) is 44.9 Å². The molecular formula is C19H23Cl2N7O. The third-order valence-electron chi connectivity index (χ3n) is 4.99. The van der Waals surface area contributed by atoms with Crippen LogP contribution in [0.5, 0.6) is 0 Å². The molecule has 4 N–H and O–H groups in total. The normalized spacial score (nSPS) is 15.8. The molecule has 0 spiro atoms. The lowest BCUT2D eigenvalue weighted by atomic mass is 9.91. The summed E-state index contributed by atoms with van der Waals surface area (Å²) in [5.41, 5.74) is 7.49. The zero-order valence-corrected chi connectivity index (χ0v) is 17.8. The number of likely N-dealkylation sites (tertiary alicyclic amines) is 1. The van der Waals surface area contributed by atoms with Crippen molar-refractivity contribution in [2.45, 2.75) is 32.2 Å².